The van der Waals surface area contributed by atoms with Crippen LogP contribution in [0.4, 0.5) is 0 Å². The van der Waals surface area contributed by atoms with Crippen molar-refractivity contribution in [2.45, 2.75) is 39.5 Å². The minimum atomic E-state index is -0.0673. The summed E-state index contributed by atoms with van der Waals surface area (Å²) >= 11 is 0. The molecule has 3 aromatic rings. The molecule has 0 aliphatic heterocycles. The lowest BCUT2D eigenvalue weighted by molar-refractivity contribution is 0.0947. The maximum absolute atomic E-state index is 13.2. The number of amides is 1. The Balaban J connectivity index is 1.97. The number of nitrogens with one attached hydrogen (secondary N) is 1. The number of methoxy groups -OCH3 is 2. The predicted octanol–water partition coefficient (Wildman–Crippen LogP) is 5.87. The summed E-state index contributed by atoms with van der Waals surface area (Å²) in [5, 5.41) is 4.00. The van der Waals surface area contributed by atoms with E-state index in [2.05, 4.69) is 19.2 Å². The molecule has 1 aromatic heterocycles. The van der Waals surface area contributed by atoms with Gasteiger partial charge in [-0.15, -0.1) is 0 Å². The first-order valence-electron chi connectivity index (χ1n) is 11.0. The summed E-state index contributed by atoms with van der Waals surface area (Å²) in [6.07, 6.45) is 4.56. The lowest BCUT2D eigenvalue weighted by atomic mass is 9.98. The van der Waals surface area contributed by atoms with Gasteiger partial charge in [-0.05, 0) is 36.6 Å². The Morgan fingerprint density at radius 1 is 1.06 bits per heavy atom. The summed E-state index contributed by atoms with van der Waals surface area (Å²) in [4.78, 5) is 18.0. The Morgan fingerprint density at radius 2 is 1.87 bits per heavy atom. The van der Waals surface area contributed by atoms with Crippen LogP contribution in [0.3, 0.4) is 0 Å². The highest BCUT2D eigenvalue weighted by atomic mass is 16.5. The van der Waals surface area contributed by atoms with Crippen LogP contribution >= 0.6 is 0 Å². The van der Waals surface area contributed by atoms with E-state index in [9.17, 15) is 4.79 Å². The fourth-order valence-corrected chi connectivity index (χ4v) is 3.79. The van der Waals surface area contributed by atoms with E-state index in [-0.39, 0.29) is 5.91 Å². The van der Waals surface area contributed by atoms with Crippen LogP contribution < -0.4 is 14.8 Å². The molecule has 5 nitrogen and oxygen atoms in total. The van der Waals surface area contributed by atoms with Gasteiger partial charge in [0.25, 0.3) is 5.91 Å². The molecule has 31 heavy (non-hydrogen) atoms. The lowest BCUT2D eigenvalue weighted by Crippen LogP contribution is -2.29. The molecule has 164 valence electrons. The lowest BCUT2D eigenvalue weighted by Gasteiger charge is -2.17. The first kappa shape index (κ1) is 22.6. The summed E-state index contributed by atoms with van der Waals surface area (Å²) < 4.78 is 10.9. The highest BCUT2D eigenvalue weighted by molar-refractivity contribution is 6.07. The average Bonchev–Trinajstić information content (AvgIpc) is 2.82. The van der Waals surface area contributed by atoms with Crippen LogP contribution in [0, 0.1) is 5.92 Å². The molecule has 1 N–H and O–H groups in total. The molecule has 3 rings (SSSR count). The number of nitrogens with zero attached hydrogens (tertiary/aromatic N) is 1. The van der Waals surface area contributed by atoms with Crippen molar-refractivity contribution < 1.29 is 14.3 Å². The highest BCUT2D eigenvalue weighted by Gasteiger charge is 2.17. The number of hydrogen-bond donors (Lipinski definition) is 1. The van der Waals surface area contributed by atoms with Crippen molar-refractivity contribution in [3.8, 4) is 22.8 Å². The monoisotopic (exact) mass is 420 g/mol. The molecule has 1 atom stereocenters. The standard InChI is InChI=1S/C26H32N2O3/c1-5-7-10-18(6-2)17-27-26(29)22-16-24(28-23-12-9-8-11-20(22)23)21-14-13-19(30-3)15-25(21)31-4/h8-9,11-16,18H,5-7,10,17H2,1-4H3,(H,27,29)/t18-/m1/s1. The number of pyridine rings is 1. The van der Waals surface area contributed by atoms with Gasteiger partial charge in [-0.2, -0.15) is 0 Å². The topological polar surface area (TPSA) is 60.5 Å². The molecule has 5 heteroatoms. The van der Waals surface area contributed by atoms with Crippen molar-refractivity contribution in [3.63, 3.8) is 0 Å². The molecular formula is C26H32N2O3. The Morgan fingerprint density at radius 3 is 2.58 bits per heavy atom. The van der Waals surface area contributed by atoms with Crippen molar-refractivity contribution >= 4 is 16.8 Å². The molecule has 0 saturated heterocycles. The number of benzene rings is 2. The van der Waals surface area contributed by atoms with E-state index in [1.807, 2.05) is 48.5 Å². The van der Waals surface area contributed by atoms with Gasteiger partial charge in [0.1, 0.15) is 11.5 Å². The van der Waals surface area contributed by atoms with Gasteiger partial charge < -0.3 is 14.8 Å². The van der Waals surface area contributed by atoms with Crippen molar-refractivity contribution in [2.75, 3.05) is 20.8 Å². The van der Waals surface area contributed by atoms with E-state index < -0.39 is 0 Å². The molecule has 0 saturated carbocycles. The smallest absolute Gasteiger partial charge is 0.252 e. The summed E-state index contributed by atoms with van der Waals surface area (Å²) in [7, 11) is 3.24. The zero-order chi connectivity index (χ0) is 22.2. The molecule has 2 aromatic carbocycles. The number of rotatable bonds is 10. The van der Waals surface area contributed by atoms with Crippen molar-refractivity contribution in [1.82, 2.24) is 10.3 Å². The Kier molecular flexibility index (Phi) is 7.88. The van der Waals surface area contributed by atoms with Gasteiger partial charge in [-0.1, -0.05) is 51.3 Å². The molecule has 0 fully saturated rings. The minimum Gasteiger partial charge on any atom is -0.497 e. The van der Waals surface area contributed by atoms with Crippen LogP contribution in [-0.4, -0.2) is 31.7 Å². The summed E-state index contributed by atoms with van der Waals surface area (Å²) in [5.41, 5.74) is 2.92. The summed E-state index contributed by atoms with van der Waals surface area (Å²) in [6, 6.07) is 15.2. The van der Waals surface area contributed by atoms with Crippen LogP contribution in [-0.2, 0) is 0 Å². The molecule has 0 unspecified atom stereocenters. The second-order valence-corrected chi connectivity index (χ2v) is 7.76. The Bertz CT molecular complexity index is 1030. The number of para-hydroxylation sites is 1. The fourth-order valence-electron chi connectivity index (χ4n) is 3.79. The van der Waals surface area contributed by atoms with Crippen molar-refractivity contribution in [1.29, 1.82) is 0 Å². The Labute approximate surface area is 184 Å². The second kappa shape index (κ2) is 10.8. The van der Waals surface area contributed by atoms with E-state index in [0.717, 1.165) is 29.3 Å². The zero-order valence-corrected chi connectivity index (χ0v) is 18.9. The number of unbranched alkanes of at least 4 members (excludes halogenated alkanes) is 1. The zero-order valence-electron chi connectivity index (χ0n) is 18.9. The second-order valence-electron chi connectivity index (χ2n) is 7.76. The normalized spacial score (nSPS) is 11.9. The van der Waals surface area contributed by atoms with Gasteiger partial charge in [0.15, 0.2) is 0 Å². The minimum absolute atomic E-state index is 0.0673. The van der Waals surface area contributed by atoms with Crippen LogP contribution in [0.2, 0.25) is 0 Å². The van der Waals surface area contributed by atoms with E-state index in [1.54, 1.807) is 14.2 Å². The van der Waals surface area contributed by atoms with Gasteiger partial charge in [-0.3, -0.25) is 4.79 Å². The van der Waals surface area contributed by atoms with Gasteiger partial charge in [0.05, 0.1) is 31.0 Å². The third-order valence-corrected chi connectivity index (χ3v) is 5.74. The Hall–Kier alpha value is -3.08. The third-order valence-electron chi connectivity index (χ3n) is 5.74. The SMILES string of the molecule is CCCC[C@@H](CC)CNC(=O)c1cc(-c2ccc(OC)cc2OC)nc2ccccc12. The maximum Gasteiger partial charge on any atom is 0.252 e. The van der Waals surface area contributed by atoms with E-state index >= 15 is 0 Å². The fraction of sp³-hybridized carbons (Fsp3) is 0.385. The summed E-state index contributed by atoms with van der Waals surface area (Å²) in [5.74, 6) is 1.79. The van der Waals surface area contributed by atoms with Gasteiger partial charge in [-0.25, -0.2) is 4.98 Å². The van der Waals surface area contributed by atoms with Crippen LogP contribution in [0.25, 0.3) is 22.2 Å². The number of carbonyl (C=O) groups is 1. The van der Waals surface area contributed by atoms with E-state index in [4.69, 9.17) is 14.5 Å². The summed E-state index contributed by atoms with van der Waals surface area (Å²) in [6.45, 7) is 5.07. The average molecular weight is 421 g/mol. The number of hydrogen-bond acceptors (Lipinski definition) is 4. The number of ether oxygens (including phenoxy) is 2. The molecule has 0 aliphatic carbocycles. The molecule has 1 amide bonds. The van der Waals surface area contributed by atoms with Gasteiger partial charge in [0, 0.05) is 23.6 Å². The maximum atomic E-state index is 13.2. The van der Waals surface area contributed by atoms with Crippen molar-refractivity contribution in [2.24, 2.45) is 5.92 Å². The quantitative estimate of drug-likeness (QED) is 0.446. The molecule has 0 radical (unpaired) electrons. The van der Waals surface area contributed by atoms with E-state index in [0.29, 0.717) is 35.2 Å². The molecule has 0 aliphatic rings. The molecule has 1 heterocycles. The molecule has 0 bridgehead atoms. The first-order chi connectivity index (χ1) is 15.1. The van der Waals surface area contributed by atoms with E-state index in [1.165, 1.54) is 12.8 Å². The van der Waals surface area contributed by atoms with Crippen LogP contribution in [0.5, 0.6) is 11.5 Å². The van der Waals surface area contributed by atoms with Crippen molar-refractivity contribution in [3.05, 3.63) is 54.1 Å². The van der Waals surface area contributed by atoms with Crippen LogP contribution in [0.1, 0.15) is 49.9 Å². The molecule has 0 spiro atoms. The predicted molar refractivity (Wildman–Crippen MR) is 126 cm³/mol. The third kappa shape index (κ3) is 5.35. The highest BCUT2D eigenvalue weighted by Crippen LogP contribution is 2.34. The van der Waals surface area contributed by atoms with Crippen LogP contribution in [0.15, 0.2) is 48.5 Å². The first-order valence-corrected chi connectivity index (χ1v) is 11.0. The van der Waals surface area contributed by atoms with Gasteiger partial charge in [0.2, 0.25) is 0 Å². The largest absolute Gasteiger partial charge is 0.497 e. The number of fused-ring (bicyclic) bond motifs is 1. The number of aromatic nitrogens is 1. The van der Waals surface area contributed by atoms with Gasteiger partial charge >= 0.3 is 0 Å². The number of carbonyl (C=O) groups excluding carboxylic acids is 1. The molecular weight excluding hydrogens is 388 g/mol.